The highest BCUT2D eigenvalue weighted by Gasteiger charge is 2.23. The third-order valence-electron chi connectivity index (χ3n) is 6.19. The molecule has 2 N–H and O–H groups in total. The zero-order valence-corrected chi connectivity index (χ0v) is 21.3. The molecule has 3 heterocycles. The fourth-order valence-electron chi connectivity index (χ4n) is 4.22. The van der Waals surface area contributed by atoms with Gasteiger partial charge in [-0.3, -0.25) is 4.79 Å². The molecule has 2 aromatic heterocycles. The molecule has 0 unspecified atom stereocenters. The van der Waals surface area contributed by atoms with Crippen molar-refractivity contribution in [1.29, 1.82) is 0 Å². The lowest BCUT2D eigenvalue weighted by Gasteiger charge is -2.34. The molecule has 5 rings (SSSR count). The number of nitrogens with zero attached hydrogens (tertiary/aromatic N) is 3. The van der Waals surface area contributed by atoms with E-state index in [0.717, 1.165) is 47.0 Å². The molecule has 1 aliphatic rings. The van der Waals surface area contributed by atoms with Gasteiger partial charge < -0.3 is 19.9 Å². The molecule has 1 saturated heterocycles. The van der Waals surface area contributed by atoms with Gasteiger partial charge in [-0.15, -0.1) is 11.3 Å². The summed E-state index contributed by atoms with van der Waals surface area (Å²) in [5, 5.41) is 5.96. The Hall–Kier alpha value is -3.44. The van der Waals surface area contributed by atoms with E-state index in [4.69, 9.17) is 4.74 Å². The van der Waals surface area contributed by atoms with Gasteiger partial charge in [-0.1, -0.05) is 0 Å². The quantitative estimate of drug-likeness (QED) is 0.338. The number of hydrogen-bond donors (Lipinski definition) is 2. The van der Waals surface area contributed by atoms with E-state index in [1.165, 1.54) is 30.6 Å². The second kappa shape index (κ2) is 10.3. The number of thiazole rings is 1. The number of halogens is 1. The second-order valence-electron chi connectivity index (χ2n) is 8.42. The van der Waals surface area contributed by atoms with Crippen LogP contribution in [0.5, 0.6) is 0 Å². The monoisotopic (exact) mass is 525 g/mol. The van der Waals surface area contributed by atoms with Crippen molar-refractivity contribution < 1.29 is 13.9 Å². The number of thioether (sulfide) groups is 1. The Kier molecular flexibility index (Phi) is 6.92. The number of fused-ring (bicyclic) bond motifs is 1. The maximum absolute atomic E-state index is 13.3. The predicted molar refractivity (Wildman–Crippen MR) is 143 cm³/mol. The number of hydrogen-bond acceptors (Lipinski definition) is 9. The maximum Gasteiger partial charge on any atom is 0.362 e. The standard InChI is InChI=1S/C25H24FN5O3S2/c1-31(16-7-9-35-10-8-16)21-12-18-17(28-23(32)22(27-18)24(33)34-2)11-19(21)29-25-30-20(13-36-25)14-3-5-15(26)6-4-14/h3-6,11-13,16H,7-10H2,1-2H3,(H,28,32)(H,29,30). The van der Waals surface area contributed by atoms with Crippen LogP contribution in [-0.2, 0) is 4.74 Å². The number of H-pyrrole nitrogens is 1. The molecule has 4 aromatic rings. The normalized spacial score (nSPS) is 14.1. The lowest BCUT2D eigenvalue weighted by molar-refractivity contribution is 0.0592. The Morgan fingerprint density at radius 2 is 1.94 bits per heavy atom. The summed E-state index contributed by atoms with van der Waals surface area (Å²) in [4.78, 5) is 38.5. The Labute approximate surface area is 214 Å². The first-order valence-corrected chi connectivity index (χ1v) is 13.4. The van der Waals surface area contributed by atoms with Gasteiger partial charge in [0.05, 0.1) is 35.2 Å². The Balaban J connectivity index is 1.55. The SMILES string of the molecule is COC(=O)c1nc2cc(N(C)C3CCSCC3)c(Nc3nc(-c4ccc(F)cc4)cs3)cc2[nH]c1=O. The number of methoxy groups -OCH3 is 1. The molecule has 0 spiro atoms. The highest BCUT2D eigenvalue weighted by Crippen LogP contribution is 2.36. The summed E-state index contributed by atoms with van der Waals surface area (Å²) in [6.07, 6.45) is 2.11. The van der Waals surface area contributed by atoms with Crippen molar-refractivity contribution in [2.45, 2.75) is 18.9 Å². The van der Waals surface area contributed by atoms with Gasteiger partial charge in [-0.2, -0.15) is 11.8 Å². The average molecular weight is 526 g/mol. The molecular formula is C25H24FN5O3S2. The van der Waals surface area contributed by atoms with Crippen LogP contribution in [0.1, 0.15) is 23.3 Å². The van der Waals surface area contributed by atoms with E-state index >= 15 is 0 Å². The van der Waals surface area contributed by atoms with Gasteiger partial charge in [-0.05, 0) is 60.7 Å². The van der Waals surface area contributed by atoms with E-state index in [1.54, 1.807) is 12.1 Å². The second-order valence-corrected chi connectivity index (χ2v) is 10.5. The zero-order chi connectivity index (χ0) is 25.2. The molecule has 186 valence electrons. The van der Waals surface area contributed by atoms with Crippen LogP contribution in [0.3, 0.4) is 0 Å². The summed E-state index contributed by atoms with van der Waals surface area (Å²) in [6, 6.07) is 10.2. The smallest absolute Gasteiger partial charge is 0.362 e. The molecule has 0 amide bonds. The fraction of sp³-hybridized carbons (Fsp3) is 0.280. The summed E-state index contributed by atoms with van der Waals surface area (Å²) in [7, 11) is 3.26. The lowest BCUT2D eigenvalue weighted by atomic mass is 10.1. The molecule has 0 bridgehead atoms. The molecule has 0 atom stereocenters. The average Bonchev–Trinajstić information content (AvgIpc) is 3.36. The number of benzene rings is 2. The van der Waals surface area contributed by atoms with Crippen molar-refractivity contribution in [3.63, 3.8) is 0 Å². The Bertz CT molecular complexity index is 1470. The van der Waals surface area contributed by atoms with E-state index in [9.17, 15) is 14.0 Å². The summed E-state index contributed by atoms with van der Waals surface area (Å²) in [5.74, 6) is 1.11. The van der Waals surface area contributed by atoms with Crippen molar-refractivity contribution in [2.75, 3.05) is 35.9 Å². The molecule has 0 aliphatic carbocycles. The van der Waals surface area contributed by atoms with E-state index in [-0.39, 0.29) is 11.5 Å². The first kappa shape index (κ1) is 24.3. The number of ether oxygens (including phenoxy) is 1. The predicted octanol–water partition coefficient (Wildman–Crippen LogP) is 5.05. The summed E-state index contributed by atoms with van der Waals surface area (Å²) < 4.78 is 18.0. The van der Waals surface area contributed by atoms with Gasteiger partial charge in [-0.25, -0.2) is 19.2 Å². The number of carbonyl (C=O) groups is 1. The van der Waals surface area contributed by atoms with Crippen molar-refractivity contribution >= 4 is 56.6 Å². The number of aromatic amines is 1. The van der Waals surface area contributed by atoms with Crippen molar-refractivity contribution in [3.8, 4) is 11.3 Å². The molecule has 1 aliphatic heterocycles. The number of esters is 1. The molecule has 36 heavy (non-hydrogen) atoms. The van der Waals surface area contributed by atoms with Crippen LogP contribution in [0, 0.1) is 5.82 Å². The van der Waals surface area contributed by atoms with Crippen molar-refractivity contribution in [2.24, 2.45) is 0 Å². The van der Waals surface area contributed by atoms with Crippen molar-refractivity contribution in [1.82, 2.24) is 15.0 Å². The summed E-state index contributed by atoms with van der Waals surface area (Å²) in [6.45, 7) is 0. The minimum Gasteiger partial charge on any atom is -0.464 e. The zero-order valence-electron chi connectivity index (χ0n) is 19.7. The fourth-order valence-corrected chi connectivity index (χ4v) is 6.03. The number of anilines is 3. The minimum atomic E-state index is -0.782. The highest BCUT2D eigenvalue weighted by molar-refractivity contribution is 7.99. The van der Waals surface area contributed by atoms with Gasteiger partial charge in [0.2, 0.25) is 5.69 Å². The largest absolute Gasteiger partial charge is 0.464 e. The van der Waals surface area contributed by atoms with Gasteiger partial charge in [0.25, 0.3) is 5.56 Å². The number of rotatable bonds is 6. The van der Waals surface area contributed by atoms with Crippen LogP contribution in [0.15, 0.2) is 46.6 Å². The van der Waals surface area contributed by atoms with Crippen molar-refractivity contribution in [3.05, 3.63) is 63.6 Å². The van der Waals surface area contributed by atoms with Crippen LogP contribution in [0.2, 0.25) is 0 Å². The van der Waals surface area contributed by atoms with Gasteiger partial charge in [0.1, 0.15) is 5.82 Å². The Morgan fingerprint density at radius 3 is 2.67 bits per heavy atom. The van der Waals surface area contributed by atoms with Crippen LogP contribution >= 0.6 is 23.1 Å². The molecule has 1 fully saturated rings. The molecule has 0 saturated carbocycles. The minimum absolute atomic E-state index is 0.280. The van der Waals surface area contributed by atoms with E-state index in [0.29, 0.717) is 22.2 Å². The topological polar surface area (TPSA) is 100 Å². The highest BCUT2D eigenvalue weighted by atomic mass is 32.2. The van der Waals surface area contributed by atoms with Crippen LogP contribution in [-0.4, -0.2) is 52.6 Å². The third-order valence-corrected chi connectivity index (χ3v) is 8.00. The molecular weight excluding hydrogens is 501 g/mol. The Morgan fingerprint density at radius 1 is 1.19 bits per heavy atom. The van der Waals surface area contributed by atoms with E-state index in [1.807, 2.05) is 36.3 Å². The molecule has 8 nitrogen and oxygen atoms in total. The van der Waals surface area contributed by atoms with Crippen LogP contribution in [0.4, 0.5) is 20.9 Å². The van der Waals surface area contributed by atoms with Gasteiger partial charge in [0.15, 0.2) is 5.13 Å². The molecule has 2 aromatic carbocycles. The van der Waals surface area contributed by atoms with Gasteiger partial charge >= 0.3 is 5.97 Å². The lowest BCUT2D eigenvalue weighted by Crippen LogP contribution is -2.35. The number of nitrogens with one attached hydrogen (secondary N) is 2. The van der Waals surface area contributed by atoms with Gasteiger partial charge in [0, 0.05) is 24.0 Å². The van der Waals surface area contributed by atoms with Crippen LogP contribution < -0.4 is 15.8 Å². The number of carbonyl (C=O) groups excluding carboxylic acids is 1. The molecule has 11 heteroatoms. The third kappa shape index (κ3) is 4.93. The number of aromatic nitrogens is 3. The summed E-state index contributed by atoms with van der Waals surface area (Å²) in [5.41, 5.74) is 3.27. The maximum atomic E-state index is 13.3. The first-order chi connectivity index (χ1) is 17.4. The summed E-state index contributed by atoms with van der Waals surface area (Å²) >= 11 is 3.38. The van der Waals surface area contributed by atoms with Crippen LogP contribution in [0.25, 0.3) is 22.3 Å². The first-order valence-electron chi connectivity index (χ1n) is 11.4. The van der Waals surface area contributed by atoms with E-state index in [2.05, 4.69) is 25.2 Å². The van der Waals surface area contributed by atoms with E-state index < -0.39 is 11.5 Å². The molecule has 0 radical (unpaired) electrons.